The summed E-state index contributed by atoms with van der Waals surface area (Å²) in [4.78, 5) is 32.0. The van der Waals surface area contributed by atoms with Gasteiger partial charge in [0.05, 0.1) is 37.2 Å². The molecule has 0 bridgehead atoms. The average molecular weight is 1010 g/mol. The molecule has 2 N–H and O–H groups in total. The number of sulfonamides is 1. The van der Waals surface area contributed by atoms with Gasteiger partial charge in [-0.2, -0.15) is 4.31 Å². The second-order valence-corrected chi connectivity index (χ2v) is 21.3. The molecule has 70 heavy (non-hydrogen) atoms. The highest BCUT2D eigenvalue weighted by Gasteiger charge is 2.33. The molecule has 0 saturated carbocycles. The van der Waals surface area contributed by atoms with Crippen LogP contribution in [0.25, 0.3) is 16.0 Å². The summed E-state index contributed by atoms with van der Waals surface area (Å²) in [6, 6.07) is 22.7. The zero-order chi connectivity index (χ0) is 49.9. The molecule has 366 valence electrons. The maximum absolute atomic E-state index is 13.8. The minimum absolute atomic E-state index is 0.0664. The number of aliphatic imine (C=N–C) groups is 1. The van der Waals surface area contributed by atoms with Crippen molar-refractivity contribution in [1.29, 1.82) is 0 Å². The monoisotopic (exact) mass is 1010 g/mol. The van der Waals surface area contributed by atoms with Crippen LogP contribution in [0.5, 0.6) is 11.5 Å². The van der Waals surface area contributed by atoms with E-state index in [1.807, 2.05) is 66.9 Å². The summed E-state index contributed by atoms with van der Waals surface area (Å²) in [6.07, 6.45) is 3.28. The van der Waals surface area contributed by atoms with Gasteiger partial charge >= 0.3 is 5.97 Å². The highest BCUT2D eigenvalue weighted by atomic mass is 35.5. The van der Waals surface area contributed by atoms with Crippen LogP contribution >= 0.6 is 22.9 Å². The molecule has 1 aliphatic heterocycles. The predicted molar refractivity (Wildman–Crippen MR) is 270 cm³/mol. The molecule has 4 heterocycles. The summed E-state index contributed by atoms with van der Waals surface area (Å²) in [5, 5.41) is 31.9. The molecule has 0 spiro atoms. The van der Waals surface area contributed by atoms with Crippen molar-refractivity contribution in [2.45, 2.75) is 89.6 Å². The van der Waals surface area contributed by atoms with E-state index in [-0.39, 0.29) is 30.2 Å². The zero-order valence-corrected chi connectivity index (χ0v) is 42.6. The van der Waals surface area contributed by atoms with Crippen LogP contribution in [-0.2, 0) is 33.2 Å². The first kappa shape index (κ1) is 49.9. The number of rotatable bonds is 20. The lowest BCUT2D eigenvalue weighted by molar-refractivity contribution is -0.137. The minimum Gasteiger partial charge on any atom is -0.494 e. The van der Waals surface area contributed by atoms with Crippen LogP contribution in [0, 0.1) is 27.7 Å². The number of carboxylic acid groups (broad SMARTS) is 1. The number of nitrogens with one attached hydrogen (secondary N) is 1. The number of carbonyl (C=O) groups excluding carboxylic acids is 1. The summed E-state index contributed by atoms with van der Waals surface area (Å²) in [5.74, 6) is 0.801. The van der Waals surface area contributed by atoms with Crippen molar-refractivity contribution in [3.63, 3.8) is 0 Å². The molecular formula is C51H56ClN9O7S2. The molecule has 0 radical (unpaired) electrons. The molecule has 8 rings (SSSR count). The smallest absolute Gasteiger partial charge is 0.304 e. The lowest BCUT2D eigenvalue weighted by Gasteiger charge is -2.22. The number of unbranched alkanes of at least 4 members (excludes halogenated alkanes) is 3. The number of carbonyl (C=O) groups is 2. The summed E-state index contributed by atoms with van der Waals surface area (Å²) < 4.78 is 44.1. The number of nitrogens with zero attached hydrogens (tertiary/aromatic N) is 8. The van der Waals surface area contributed by atoms with E-state index in [4.69, 9.17) is 26.1 Å². The largest absolute Gasteiger partial charge is 0.494 e. The standard InChI is InChI=1S/C51H56ClN9O7S2/c1-30-12-13-35(41(27-46(63)64)36-25-42-49(44(26-36)67-7)60(6)58-56-42)24-37(30)29-59(5)70(65,66)40-20-18-39(19-21-40)68-23-11-9-8-10-22-53-45(62)28-43-50-57-55-33(4)61(50)51-47(31(2)32(3)69-51)48(54-43)34-14-16-38(52)17-15-34/h12-21,24-26,41,43H,8-11,22-23,27-29H2,1-7H3,(H,53,62)(H,63,64)/t41?,43-/m0/s1. The van der Waals surface area contributed by atoms with E-state index in [1.54, 1.807) is 48.4 Å². The molecule has 1 aliphatic rings. The topological polar surface area (TPSA) is 196 Å². The van der Waals surface area contributed by atoms with Gasteiger partial charge in [0.15, 0.2) is 5.82 Å². The van der Waals surface area contributed by atoms with Crippen LogP contribution in [-0.4, -0.2) is 92.5 Å². The van der Waals surface area contributed by atoms with Gasteiger partial charge in [-0.3, -0.25) is 19.1 Å². The molecule has 7 aromatic rings. The molecule has 0 fully saturated rings. The normalized spacial score (nSPS) is 14.0. The fraction of sp³-hybridized carbons (Fsp3) is 0.353. The van der Waals surface area contributed by atoms with Crippen molar-refractivity contribution in [2.24, 2.45) is 12.0 Å². The molecule has 1 unspecified atom stereocenters. The number of halogens is 1. The number of ether oxygens (including phenoxy) is 2. The molecule has 2 atom stereocenters. The van der Waals surface area contributed by atoms with Crippen molar-refractivity contribution >= 4 is 61.6 Å². The number of amides is 1. The second kappa shape index (κ2) is 21.3. The number of methoxy groups -OCH3 is 1. The first-order valence-corrected chi connectivity index (χ1v) is 25.7. The van der Waals surface area contributed by atoms with Crippen molar-refractivity contribution in [3.05, 3.63) is 139 Å². The molecule has 0 saturated heterocycles. The minimum atomic E-state index is -3.90. The second-order valence-electron chi connectivity index (χ2n) is 17.6. The number of aromatic nitrogens is 6. The number of carboxylic acids is 1. The maximum Gasteiger partial charge on any atom is 0.304 e. The van der Waals surface area contributed by atoms with Gasteiger partial charge in [-0.15, -0.1) is 26.6 Å². The van der Waals surface area contributed by atoms with E-state index >= 15 is 0 Å². The summed E-state index contributed by atoms with van der Waals surface area (Å²) in [5.41, 5.74) is 8.16. The van der Waals surface area contributed by atoms with Crippen LogP contribution in [0.3, 0.4) is 0 Å². The van der Waals surface area contributed by atoms with E-state index < -0.39 is 28.0 Å². The lowest BCUT2D eigenvalue weighted by atomic mass is 9.86. The van der Waals surface area contributed by atoms with Gasteiger partial charge in [0, 0.05) is 54.1 Å². The third-order valence-corrected chi connectivity index (χ3v) is 16.0. The first-order valence-electron chi connectivity index (χ1n) is 23.0. The Balaban J connectivity index is 0.813. The van der Waals surface area contributed by atoms with Crippen LogP contribution in [0.4, 0.5) is 0 Å². The molecule has 16 nitrogen and oxygen atoms in total. The number of thiophene rings is 1. The number of hydrogen-bond acceptors (Lipinski definition) is 12. The Morgan fingerprint density at radius 1 is 0.929 bits per heavy atom. The Morgan fingerprint density at radius 2 is 1.67 bits per heavy atom. The Labute approximate surface area is 416 Å². The number of aliphatic carboxylic acids is 1. The zero-order valence-electron chi connectivity index (χ0n) is 40.2. The Bertz CT molecular complexity index is 3200. The Morgan fingerprint density at radius 3 is 2.40 bits per heavy atom. The van der Waals surface area contributed by atoms with Crippen LogP contribution in [0.15, 0.2) is 88.8 Å². The van der Waals surface area contributed by atoms with Crippen molar-refractivity contribution < 1.29 is 32.6 Å². The van der Waals surface area contributed by atoms with Gasteiger partial charge < -0.3 is 19.9 Å². The summed E-state index contributed by atoms with van der Waals surface area (Å²) >= 11 is 7.92. The molecule has 3 aromatic heterocycles. The highest BCUT2D eigenvalue weighted by molar-refractivity contribution is 7.89. The number of aryl methyl sites for hydroxylation is 4. The van der Waals surface area contributed by atoms with Gasteiger partial charge in [-0.25, -0.2) is 13.1 Å². The van der Waals surface area contributed by atoms with Crippen molar-refractivity contribution in [1.82, 2.24) is 39.4 Å². The van der Waals surface area contributed by atoms with E-state index in [0.717, 1.165) is 75.6 Å². The van der Waals surface area contributed by atoms with Crippen molar-refractivity contribution in [3.8, 4) is 16.5 Å². The average Bonchev–Trinajstić information content (AvgIpc) is 3.98. The quantitative estimate of drug-likeness (QED) is 0.0692. The van der Waals surface area contributed by atoms with E-state index in [2.05, 4.69) is 39.7 Å². The summed E-state index contributed by atoms with van der Waals surface area (Å²) in [6.45, 7) is 9.05. The van der Waals surface area contributed by atoms with Crippen molar-refractivity contribution in [2.75, 3.05) is 27.3 Å². The summed E-state index contributed by atoms with van der Waals surface area (Å²) in [7, 11) is 0.930. The SMILES string of the molecule is COc1cc(C(CC(=O)O)c2ccc(C)c(CN(C)S(=O)(=O)c3ccc(OCCCCCCNC(=O)C[C@@H]4N=C(c5ccc(Cl)cc5)c5c(sc(C)c5C)-n5c(C)nnc54)cc3)c2)cc2nnn(C)c12. The first-order chi connectivity index (χ1) is 33.5. The third kappa shape index (κ3) is 10.6. The van der Waals surface area contributed by atoms with Crippen LogP contribution in [0.1, 0.15) is 106 Å². The van der Waals surface area contributed by atoms with Gasteiger partial charge in [-0.1, -0.05) is 60.0 Å². The fourth-order valence-electron chi connectivity index (χ4n) is 8.80. The predicted octanol–water partition coefficient (Wildman–Crippen LogP) is 8.97. The fourth-order valence-corrected chi connectivity index (χ4v) is 11.3. The molecule has 19 heteroatoms. The van der Waals surface area contributed by atoms with E-state index in [0.29, 0.717) is 52.1 Å². The molecule has 0 aliphatic carbocycles. The maximum atomic E-state index is 13.8. The van der Waals surface area contributed by atoms with E-state index in [9.17, 15) is 23.1 Å². The van der Waals surface area contributed by atoms with Crippen LogP contribution < -0.4 is 14.8 Å². The molecule has 4 aromatic carbocycles. The number of benzene rings is 4. The van der Waals surface area contributed by atoms with E-state index in [1.165, 1.54) is 28.4 Å². The molecule has 1 amide bonds. The highest BCUT2D eigenvalue weighted by Crippen LogP contribution is 2.40. The van der Waals surface area contributed by atoms with Gasteiger partial charge in [0.2, 0.25) is 15.9 Å². The number of fused-ring (bicyclic) bond motifs is 4. The van der Waals surface area contributed by atoms with Crippen LogP contribution in [0.2, 0.25) is 5.02 Å². The van der Waals surface area contributed by atoms with Gasteiger partial charge in [0.25, 0.3) is 0 Å². The van der Waals surface area contributed by atoms with Gasteiger partial charge in [-0.05, 0) is 117 Å². The van der Waals surface area contributed by atoms with Gasteiger partial charge in [0.1, 0.15) is 39.4 Å². The Hall–Kier alpha value is -6.47. The third-order valence-electron chi connectivity index (χ3n) is 12.8. The molecular weight excluding hydrogens is 950 g/mol. The number of hydrogen-bond donors (Lipinski definition) is 2. The Kier molecular flexibility index (Phi) is 15.2. The lowest BCUT2D eigenvalue weighted by Crippen LogP contribution is -2.27.